The highest BCUT2D eigenvalue weighted by atomic mass is 32.2. The summed E-state index contributed by atoms with van der Waals surface area (Å²) in [5.41, 5.74) is 1.33. The fourth-order valence-electron chi connectivity index (χ4n) is 2.28. The van der Waals surface area contributed by atoms with E-state index in [1.54, 1.807) is 31.2 Å². The molecule has 0 spiro atoms. The van der Waals surface area contributed by atoms with Crippen molar-refractivity contribution in [3.8, 4) is 6.07 Å². The summed E-state index contributed by atoms with van der Waals surface area (Å²) in [6, 6.07) is 13.2. The Bertz CT molecular complexity index is 904. The molecule has 2 aromatic carbocycles. The number of benzene rings is 2. The molecule has 0 aliphatic rings. The van der Waals surface area contributed by atoms with Crippen LogP contribution < -0.4 is 5.32 Å². The van der Waals surface area contributed by atoms with Gasteiger partial charge < -0.3 is 5.32 Å². The third-order valence-electron chi connectivity index (χ3n) is 3.64. The lowest BCUT2D eigenvalue weighted by atomic mass is 10.1. The van der Waals surface area contributed by atoms with Crippen molar-refractivity contribution in [1.29, 1.82) is 5.26 Å². The first-order valence-corrected chi connectivity index (χ1v) is 9.32. The van der Waals surface area contributed by atoms with Crippen molar-refractivity contribution in [2.45, 2.75) is 18.2 Å². The van der Waals surface area contributed by atoms with E-state index in [9.17, 15) is 17.6 Å². The standard InChI is InChI=1S/C18H18FN3O3S/c1-2-22(26(24,25)17-9-5-15(19)6-10-17)13-18(23)21-16-7-3-14(4-8-16)11-12-20/h3-10H,2,11,13H2,1H3,(H,21,23). The maximum atomic E-state index is 13.0. The average molecular weight is 375 g/mol. The molecule has 1 N–H and O–H groups in total. The number of carbonyl (C=O) groups is 1. The van der Waals surface area contributed by atoms with E-state index in [-0.39, 0.29) is 24.4 Å². The van der Waals surface area contributed by atoms with Crippen molar-refractivity contribution >= 4 is 21.6 Å². The number of hydrogen-bond donors (Lipinski definition) is 1. The number of sulfonamides is 1. The molecule has 136 valence electrons. The van der Waals surface area contributed by atoms with Gasteiger partial charge in [-0.2, -0.15) is 9.57 Å². The number of anilines is 1. The number of halogens is 1. The predicted molar refractivity (Wildman–Crippen MR) is 95.2 cm³/mol. The van der Waals surface area contributed by atoms with Gasteiger partial charge in [0.15, 0.2) is 0 Å². The van der Waals surface area contributed by atoms with Crippen LogP contribution in [0.15, 0.2) is 53.4 Å². The van der Waals surface area contributed by atoms with Crippen LogP contribution in [0.1, 0.15) is 12.5 Å². The molecule has 2 aromatic rings. The first-order valence-electron chi connectivity index (χ1n) is 7.88. The molecule has 0 heterocycles. The summed E-state index contributed by atoms with van der Waals surface area (Å²) in [5.74, 6) is -1.03. The first kappa shape index (κ1) is 19.6. The SMILES string of the molecule is CCN(CC(=O)Nc1ccc(CC#N)cc1)S(=O)(=O)c1ccc(F)cc1. The fraction of sp³-hybridized carbons (Fsp3) is 0.222. The molecule has 2 rings (SSSR count). The van der Waals surface area contributed by atoms with E-state index >= 15 is 0 Å². The van der Waals surface area contributed by atoms with Gasteiger partial charge in [0.1, 0.15) is 5.82 Å². The number of likely N-dealkylation sites (N-methyl/N-ethyl adjacent to an activating group) is 1. The molecule has 1 amide bonds. The summed E-state index contributed by atoms with van der Waals surface area (Å²) in [5, 5.41) is 11.3. The third kappa shape index (κ3) is 4.88. The topological polar surface area (TPSA) is 90.3 Å². The summed E-state index contributed by atoms with van der Waals surface area (Å²) < 4.78 is 39.2. The van der Waals surface area contributed by atoms with Gasteiger partial charge in [0.2, 0.25) is 15.9 Å². The summed E-state index contributed by atoms with van der Waals surface area (Å²) >= 11 is 0. The van der Waals surface area contributed by atoms with Crippen LogP contribution in [0.25, 0.3) is 0 Å². The highest BCUT2D eigenvalue weighted by molar-refractivity contribution is 7.89. The zero-order valence-corrected chi connectivity index (χ0v) is 15.0. The molecule has 0 saturated carbocycles. The van der Waals surface area contributed by atoms with Gasteiger partial charge in [0.05, 0.1) is 23.9 Å². The highest BCUT2D eigenvalue weighted by Crippen LogP contribution is 2.16. The van der Waals surface area contributed by atoms with Crippen molar-refractivity contribution in [2.24, 2.45) is 0 Å². The fourth-order valence-corrected chi connectivity index (χ4v) is 3.69. The van der Waals surface area contributed by atoms with E-state index in [4.69, 9.17) is 5.26 Å². The molecule has 0 saturated heterocycles. The number of nitrogens with one attached hydrogen (secondary N) is 1. The number of nitrogens with zero attached hydrogens (tertiary/aromatic N) is 2. The first-order chi connectivity index (χ1) is 12.4. The van der Waals surface area contributed by atoms with Gasteiger partial charge in [0, 0.05) is 12.2 Å². The third-order valence-corrected chi connectivity index (χ3v) is 5.58. The quantitative estimate of drug-likeness (QED) is 0.805. The molecule has 0 fully saturated rings. The Morgan fingerprint density at radius 1 is 1.15 bits per heavy atom. The smallest absolute Gasteiger partial charge is 0.243 e. The number of nitriles is 1. The van der Waals surface area contributed by atoms with E-state index < -0.39 is 21.7 Å². The Balaban J connectivity index is 2.07. The Labute approximate surface area is 151 Å². The summed E-state index contributed by atoms with van der Waals surface area (Å²) in [6.07, 6.45) is 0.272. The van der Waals surface area contributed by atoms with Gasteiger partial charge in [-0.15, -0.1) is 0 Å². The molecule has 0 bridgehead atoms. The maximum Gasteiger partial charge on any atom is 0.243 e. The van der Waals surface area contributed by atoms with Crippen molar-refractivity contribution in [3.63, 3.8) is 0 Å². The lowest BCUT2D eigenvalue weighted by Gasteiger charge is -2.20. The summed E-state index contributed by atoms with van der Waals surface area (Å²) in [4.78, 5) is 12.1. The molecule has 0 aliphatic heterocycles. The molecule has 26 heavy (non-hydrogen) atoms. The van der Waals surface area contributed by atoms with Gasteiger partial charge in [0.25, 0.3) is 0 Å². The second kappa shape index (κ2) is 8.56. The van der Waals surface area contributed by atoms with Crippen LogP contribution >= 0.6 is 0 Å². The van der Waals surface area contributed by atoms with E-state index in [1.807, 2.05) is 6.07 Å². The van der Waals surface area contributed by atoms with Crippen LogP contribution in [0, 0.1) is 17.1 Å². The Hall–Kier alpha value is -2.76. The van der Waals surface area contributed by atoms with Crippen LogP contribution in [0.4, 0.5) is 10.1 Å². The van der Waals surface area contributed by atoms with E-state index in [0.29, 0.717) is 5.69 Å². The van der Waals surface area contributed by atoms with Crippen LogP contribution in [-0.4, -0.2) is 31.7 Å². The summed E-state index contributed by atoms with van der Waals surface area (Å²) in [6.45, 7) is 1.34. The summed E-state index contributed by atoms with van der Waals surface area (Å²) in [7, 11) is -3.90. The second-order valence-corrected chi connectivity index (χ2v) is 7.40. The molecule has 0 unspecified atom stereocenters. The van der Waals surface area contributed by atoms with Crippen LogP contribution in [0.3, 0.4) is 0 Å². The molecule has 8 heteroatoms. The van der Waals surface area contributed by atoms with Crippen LogP contribution in [-0.2, 0) is 21.2 Å². The van der Waals surface area contributed by atoms with E-state index in [2.05, 4.69) is 5.32 Å². The molecular formula is C18H18FN3O3S. The van der Waals surface area contributed by atoms with Gasteiger partial charge in [-0.1, -0.05) is 19.1 Å². The zero-order valence-electron chi connectivity index (χ0n) is 14.1. The minimum Gasteiger partial charge on any atom is -0.325 e. The highest BCUT2D eigenvalue weighted by Gasteiger charge is 2.25. The minimum atomic E-state index is -3.90. The Kier molecular flexibility index (Phi) is 6.44. The predicted octanol–water partition coefficient (Wildman–Crippen LogP) is 2.54. The molecule has 0 aliphatic carbocycles. The zero-order chi connectivity index (χ0) is 19.2. The van der Waals surface area contributed by atoms with Crippen molar-refractivity contribution in [3.05, 3.63) is 59.9 Å². The lowest BCUT2D eigenvalue weighted by molar-refractivity contribution is -0.116. The Morgan fingerprint density at radius 2 is 1.77 bits per heavy atom. The van der Waals surface area contributed by atoms with Crippen LogP contribution in [0.2, 0.25) is 0 Å². The van der Waals surface area contributed by atoms with Crippen molar-refractivity contribution < 1.29 is 17.6 Å². The molecule has 6 nitrogen and oxygen atoms in total. The number of rotatable bonds is 7. The Morgan fingerprint density at radius 3 is 2.31 bits per heavy atom. The van der Waals surface area contributed by atoms with E-state index in [1.165, 1.54) is 12.1 Å². The monoisotopic (exact) mass is 375 g/mol. The number of amides is 1. The second-order valence-electron chi connectivity index (χ2n) is 5.47. The molecule has 0 radical (unpaired) electrons. The average Bonchev–Trinajstić information content (AvgIpc) is 2.62. The molecular weight excluding hydrogens is 357 g/mol. The van der Waals surface area contributed by atoms with Gasteiger partial charge >= 0.3 is 0 Å². The number of carbonyl (C=O) groups excluding carboxylic acids is 1. The lowest BCUT2D eigenvalue weighted by Crippen LogP contribution is -2.37. The maximum absolute atomic E-state index is 13.0. The van der Waals surface area contributed by atoms with Gasteiger partial charge in [-0.25, -0.2) is 12.8 Å². The normalized spacial score (nSPS) is 11.2. The van der Waals surface area contributed by atoms with Crippen molar-refractivity contribution in [2.75, 3.05) is 18.4 Å². The van der Waals surface area contributed by atoms with Gasteiger partial charge in [-0.05, 0) is 42.0 Å². The van der Waals surface area contributed by atoms with Gasteiger partial charge in [-0.3, -0.25) is 4.79 Å². The molecule has 0 aromatic heterocycles. The minimum absolute atomic E-state index is 0.0746. The van der Waals surface area contributed by atoms with Crippen LogP contribution in [0.5, 0.6) is 0 Å². The van der Waals surface area contributed by atoms with Crippen molar-refractivity contribution in [1.82, 2.24) is 4.31 Å². The van der Waals surface area contributed by atoms with E-state index in [0.717, 1.165) is 22.0 Å². The largest absolute Gasteiger partial charge is 0.325 e. The molecule has 0 atom stereocenters. The number of hydrogen-bond acceptors (Lipinski definition) is 4.